The van der Waals surface area contributed by atoms with E-state index in [-0.39, 0.29) is 5.91 Å². The van der Waals surface area contributed by atoms with Gasteiger partial charge < -0.3 is 9.88 Å². The van der Waals surface area contributed by atoms with Gasteiger partial charge in [0.05, 0.1) is 0 Å². The molecule has 4 aliphatic rings. The summed E-state index contributed by atoms with van der Waals surface area (Å²) in [6.45, 7) is 0. The number of hydrogen-bond donors (Lipinski definition) is 1. The van der Waals surface area contributed by atoms with Gasteiger partial charge in [-0.1, -0.05) is 24.3 Å². The number of carbonyl (C=O) groups excluding carboxylic acids is 1. The van der Waals surface area contributed by atoms with Crippen LogP contribution in [0.3, 0.4) is 0 Å². The maximum Gasteiger partial charge on any atom is 0.220 e. The molecule has 0 spiro atoms. The lowest BCUT2D eigenvalue weighted by atomic mass is 9.90. The van der Waals surface area contributed by atoms with Gasteiger partial charge in [-0.15, -0.1) is 0 Å². The van der Waals surface area contributed by atoms with Crippen molar-refractivity contribution in [1.82, 2.24) is 14.9 Å². The molecular weight excluding hydrogens is 346 g/mol. The minimum atomic E-state index is 0.220. The van der Waals surface area contributed by atoms with Crippen LogP contribution in [0.1, 0.15) is 61.6 Å². The van der Waals surface area contributed by atoms with E-state index in [0.717, 1.165) is 44.3 Å². The Morgan fingerprint density at radius 2 is 1.89 bits per heavy atom. The highest BCUT2D eigenvalue weighted by Crippen LogP contribution is 2.36. The average molecular weight is 374 g/mol. The van der Waals surface area contributed by atoms with Gasteiger partial charge in [0.1, 0.15) is 5.82 Å². The van der Waals surface area contributed by atoms with E-state index < -0.39 is 0 Å². The molecule has 1 unspecified atom stereocenters. The Balaban J connectivity index is 1.16. The third-order valence-electron chi connectivity index (χ3n) is 6.62. The Morgan fingerprint density at radius 1 is 1.04 bits per heavy atom. The third-order valence-corrected chi connectivity index (χ3v) is 6.62. The Bertz CT molecular complexity index is 938. The van der Waals surface area contributed by atoms with E-state index in [0.29, 0.717) is 24.4 Å². The van der Waals surface area contributed by atoms with Crippen LogP contribution in [0, 0.1) is 0 Å². The zero-order valence-corrected chi connectivity index (χ0v) is 16.2. The Kier molecular flexibility index (Phi) is 4.63. The minimum Gasteiger partial charge on any atom is -0.353 e. The van der Waals surface area contributed by atoms with Gasteiger partial charge >= 0.3 is 0 Å². The number of aromatic nitrogens is 2. The lowest BCUT2D eigenvalue weighted by Gasteiger charge is -2.32. The Hall–Kier alpha value is -2.62. The molecule has 1 aromatic carbocycles. The first-order chi connectivity index (χ1) is 13.8. The summed E-state index contributed by atoms with van der Waals surface area (Å²) in [5.41, 5.74) is 4.01. The molecule has 1 N–H and O–H groups in total. The predicted octanol–water partition coefficient (Wildman–Crippen LogP) is 4.71. The molecular formula is C24H27N3O. The first kappa shape index (κ1) is 17.5. The molecule has 1 aromatic rings. The van der Waals surface area contributed by atoms with Gasteiger partial charge in [0.15, 0.2) is 0 Å². The normalized spacial score (nSPS) is 24.2. The van der Waals surface area contributed by atoms with Crippen LogP contribution in [-0.2, 0) is 11.2 Å². The van der Waals surface area contributed by atoms with Gasteiger partial charge in [-0.2, -0.15) is 0 Å². The highest BCUT2D eigenvalue weighted by molar-refractivity contribution is 5.77. The SMILES string of the molecule is O=C(CC1CCc2ccccc21)NC1CCC(n2cccc3ccnc2-3)CC1. The summed E-state index contributed by atoms with van der Waals surface area (Å²) in [7, 11) is 0. The molecule has 0 radical (unpaired) electrons. The van der Waals surface area contributed by atoms with Crippen LogP contribution >= 0.6 is 0 Å². The molecule has 4 heteroatoms. The molecule has 1 atom stereocenters. The standard InChI is InChI=1S/C24H27N3O/c28-23(16-19-8-7-17-4-1-2-6-22(17)19)26-20-9-11-21(12-10-20)27-15-3-5-18-13-14-25-24(18)27/h1-6,13-15,19-21H,7-12,16H2,(H,26,28). The summed E-state index contributed by atoms with van der Waals surface area (Å²) < 4.78 is 2.32. The summed E-state index contributed by atoms with van der Waals surface area (Å²) in [5.74, 6) is 1.69. The van der Waals surface area contributed by atoms with Gasteiger partial charge in [0.2, 0.25) is 5.91 Å². The van der Waals surface area contributed by atoms with Crippen molar-refractivity contribution < 1.29 is 4.79 Å². The zero-order chi connectivity index (χ0) is 18.9. The summed E-state index contributed by atoms with van der Waals surface area (Å²) in [5, 5.41) is 3.32. The molecule has 144 valence electrons. The highest BCUT2D eigenvalue weighted by Gasteiger charge is 2.28. The molecule has 1 fully saturated rings. The van der Waals surface area contributed by atoms with Gasteiger partial charge in [-0.05, 0) is 73.8 Å². The van der Waals surface area contributed by atoms with Crippen LogP contribution < -0.4 is 5.32 Å². The molecule has 1 saturated carbocycles. The van der Waals surface area contributed by atoms with Gasteiger partial charge in [-0.25, -0.2) is 4.98 Å². The highest BCUT2D eigenvalue weighted by atomic mass is 16.1. The van der Waals surface area contributed by atoms with Crippen molar-refractivity contribution in [3.05, 3.63) is 66.0 Å². The number of nitrogens with one attached hydrogen (secondary N) is 1. The second-order valence-corrected chi connectivity index (χ2v) is 8.35. The number of carbonyl (C=O) groups is 1. The van der Waals surface area contributed by atoms with E-state index in [1.54, 1.807) is 0 Å². The van der Waals surface area contributed by atoms with Crippen LogP contribution in [0.15, 0.2) is 54.9 Å². The molecule has 5 rings (SSSR count). The average Bonchev–Trinajstić information content (AvgIpc) is 3.36. The van der Waals surface area contributed by atoms with Gasteiger partial charge in [0, 0.05) is 36.5 Å². The number of rotatable bonds is 4. The largest absolute Gasteiger partial charge is 0.353 e. The van der Waals surface area contributed by atoms with Crippen LogP contribution in [0.5, 0.6) is 0 Å². The van der Waals surface area contributed by atoms with E-state index >= 15 is 0 Å². The second-order valence-electron chi connectivity index (χ2n) is 8.35. The maximum atomic E-state index is 12.6. The number of benzene rings is 1. The van der Waals surface area contributed by atoms with Gasteiger partial charge in [0.25, 0.3) is 0 Å². The molecule has 28 heavy (non-hydrogen) atoms. The number of pyridine rings is 1. The maximum absolute atomic E-state index is 12.6. The lowest BCUT2D eigenvalue weighted by Crippen LogP contribution is -2.38. The van der Waals surface area contributed by atoms with E-state index in [4.69, 9.17) is 0 Å². The van der Waals surface area contributed by atoms with Crippen molar-refractivity contribution in [1.29, 1.82) is 0 Å². The summed E-state index contributed by atoms with van der Waals surface area (Å²) in [4.78, 5) is 17.2. The second kappa shape index (κ2) is 7.42. The molecule has 2 heterocycles. The molecule has 1 amide bonds. The van der Waals surface area contributed by atoms with Crippen LogP contribution in [0.2, 0.25) is 0 Å². The summed E-state index contributed by atoms with van der Waals surface area (Å²) in [6.07, 6.45) is 11.1. The van der Waals surface area contributed by atoms with Crippen LogP contribution in [-0.4, -0.2) is 21.5 Å². The molecule has 4 nitrogen and oxygen atoms in total. The number of fused-ring (bicyclic) bond motifs is 2. The third kappa shape index (κ3) is 3.32. The topological polar surface area (TPSA) is 46.9 Å². The number of nitrogens with zero attached hydrogens (tertiary/aromatic N) is 2. The predicted molar refractivity (Wildman–Crippen MR) is 110 cm³/mol. The van der Waals surface area contributed by atoms with Crippen LogP contribution in [0.25, 0.3) is 11.4 Å². The fourth-order valence-corrected chi connectivity index (χ4v) is 5.15. The monoisotopic (exact) mass is 373 g/mol. The van der Waals surface area contributed by atoms with Crippen molar-refractivity contribution in [2.24, 2.45) is 0 Å². The van der Waals surface area contributed by atoms with Crippen molar-refractivity contribution >= 4 is 5.91 Å². The van der Waals surface area contributed by atoms with Crippen molar-refractivity contribution in [3.63, 3.8) is 0 Å². The smallest absolute Gasteiger partial charge is 0.220 e. The Labute approximate surface area is 166 Å². The van der Waals surface area contributed by atoms with E-state index in [1.807, 2.05) is 6.20 Å². The summed E-state index contributed by atoms with van der Waals surface area (Å²) >= 11 is 0. The number of amides is 1. The zero-order valence-electron chi connectivity index (χ0n) is 16.2. The minimum absolute atomic E-state index is 0.220. The molecule has 0 saturated heterocycles. The molecule has 0 bridgehead atoms. The van der Waals surface area contributed by atoms with E-state index in [2.05, 4.69) is 63.5 Å². The van der Waals surface area contributed by atoms with E-state index in [1.165, 1.54) is 16.7 Å². The lowest BCUT2D eigenvalue weighted by molar-refractivity contribution is -0.122. The first-order valence-electron chi connectivity index (χ1n) is 10.6. The fraction of sp³-hybridized carbons (Fsp3) is 0.417. The van der Waals surface area contributed by atoms with Crippen LogP contribution in [0.4, 0.5) is 0 Å². The number of hydrogen-bond acceptors (Lipinski definition) is 2. The molecule has 2 aliphatic carbocycles. The molecule has 0 aromatic heterocycles. The number of aryl methyl sites for hydroxylation is 1. The summed E-state index contributed by atoms with van der Waals surface area (Å²) in [6, 6.07) is 15.7. The van der Waals surface area contributed by atoms with Crippen molar-refractivity contribution in [3.8, 4) is 11.4 Å². The first-order valence-corrected chi connectivity index (χ1v) is 10.6. The Morgan fingerprint density at radius 3 is 2.79 bits per heavy atom. The van der Waals surface area contributed by atoms with Crippen molar-refractivity contribution in [2.45, 2.75) is 62.9 Å². The quantitative estimate of drug-likeness (QED) is 0.720. The fourth-order valence-electron chi connectivity index (χ4n) is 5.15. The van der Waals surface area contributed by atoms with Crippen molar-refractivity contribution in [2.75, 3.05) is 0 Å². The van der Waals surface area contributed by atoms with E-state index in [9.17, 15) is 4.79 Å². The molecule has 2 aliphatic heterocycles. The van der Waals surface area contributed by atoms with Gasteiger partial charge in [-0.3, -0.25) is 4.79 Å².